The molecule has 0 fully saturated rings. The van der Waals surface area contributed by atoms with Crippen molar-refractivity contribution in [3.8, 4) is 11.5 Å². The fraction of sp³-hybridized carbons (Fsp3) is 0.529. The van der Waals surface area contributed by atoms with Crippen LogP contribution in [0.15, 0.2) is 18.2 Å². The van der Waals surface area contributed by atoms with E-state index in [1.807, 2.05) is 13.8 Å². The molecule has 0 radical (unpaired) electrons. The zero-order valence-electron chi connectivity index (χ0n) is 14.0. The molecule has 1 aliphatic rings. The summed E-state index contributed by atoms with van der Waals surface area (Å²) in [5.41, 5.74) is 0.520. The fourth-order valence-electron chi connectivity index (χ4n) is 2.45. The molecule has 126 valence electrons. The summed E-state index contributed by atoms with van der Waals surface area (Å²) < 4.78 is 15.3. The Morgan fingerprint density at radius 2 is 1.96 bits per heavy atom. The van der Waals surface area contributed by atoms with E-state index in [0.717, 1.165) is 6.42 Å². The minimum atomic E-state index is -0.382. The third-order valence-corrected chi connectivity index (χ3v) is 4.08. The molecular weight excluding hydrogens is 298 g/mol. The van der Waals surface area contributed by atoms with Crippen LogP contribution in [0.2, 0.25) is 0 Å². The average molecular weight is 321 g/mol. The summed E-state index contributed by atoms with van der Waals surface area (Å²) in [4.78, 5) is 26.3. The number of rotatable bonds is 6. The molecule has 2 unspecified atom stereocenters. The van der Waals surface area contributed by atoms with Gasteiger partial charge in [0, 0.05) is 18.2 Å². The van der Waals surface area contributed by atoms with E-state index < -0.39 is 0 Å². The van der Waals surface area contributed by atoms with Crippen molar-refractivity contribution in [1.82, 2.24) is 4.90 Å². The molecule has 1 aliphatic heterocycles. The first-order chi connectivity index (χ1) is 11.0. The second kappa shape index (κ2) is 7.35. The van der Waals surface area contributed by atoms with Gasteiger partial charge in [0.15, 0.2) is 11.5 Å². The molecule has 0 spiro atoms. The predicted molar refractivity (Wildman–Crippen MR) is 84.5 cm³/mol. The molecule has 2 rings (SSSR count). The zero-order chi connectivity index (χ0) is 17.0. The van der Waals surface area contributed by atoms with Crippen LogP contribution < -0.4 is 9.47 Å². The van der Waals surface area contributed by atoms with Crippen molar-refractivity contribution in [3.63, 3.8) is 0 Å². The first kappa shape index (κ1) is 17.1. The van der Waals surface area contributed by atoms with Crippen molar-refractivity contribution in [2.75, 3.05) is 20.4 Å². The van der Waals surface area contributed by atoms with Crippen molar-refractivity contribution in [2.24, 2.45) is 5.92 Å². The molecule has 0 aliphatic carbocycles. The topological polar surface area (TPSA) is 65.1 Å². The van der Waals surface area contributed by atoms with Crippen molar-refractivity contribution in [3.05, 3.63) is 23.8 Å². The maximum atomic E-state index is 12.9. The summed E-state index contributed by atoms with van der Waals surface area (Å²) in [6.07, 6.45) is 0.796. The number of nitrogens with zero attached hydrogens (tertiary/aromatic N) is 1. The van der Waals surface area contributed by atoms with E-state index in [-0.39, 0.29) is 30.6 Å². The molecule has 0 N–H and O–H groups in total. The quantitative estimate of drug-likeness (QED) is 0.753. The Bertz CT molecular complexity index is 586. The number of fused-ring (bicyclic) bond motifs is 1. The van der Waals surface area contributed by atoms with Crippen LogP contribution in [0, 0.1) is 5.92 Å². The molecule has 0 saturated heterocycles. The Morgan fingerprint density at radius 3 is 2.61 bits per heavy atom. The van der Waals surface area contributed by atoms with E-state index >= 15 is 0 Å². The van der Waals surface area contributed by atoms with Crippen molar-refractivity contribution in [2.45, 2.75) is 33.2 Å². The second-order valence-electron chi connectivity index (χ2n) is 5.71. The molecular formula is C17H23NO5. The van der Waals surface area contributed by atoms with Gasteiger partial charge < -0.3 is 19.1 Å². The zero-order valence-corrected chi connectivity index (χ0v) is 14.0. The molecule has 0 saturated carbocycles. The average Bonchev–Trinajstić information content (AvgIpc) is 3.04. The maximum Gasteiger partial charge on any atom is 0.310 e. The lowest BCUT2D eigenvalue weighted by atomic mass is 10.1. The minimum absolute atomic E-state index is 0.0139. The third-order valence-electron chi connectivity index (χ3n) is 4.08. The van der Waals surface area contributed by atoms with Crippen molar-refractivity contribution in [1.29, 1.82) is 0 Å². The van der Waals surface area contributed by atoms with Crippen LogP contribution in [0.25, 0.3) is 0 Å². The van der Waals surface area contributed by atoms with Gasteiger partial charge in [-0.05, 0) is 31.5 Å². The molecule has 0 bridgehead atoms. The van der Waals surface area contributed by atoms with E-state index in [1.165, 1.54) is 7.11 Å². The third kappa shape index (κ3) is 3.75. The van der Waals surface area contributed by atoms with Gasteiger partial charge in [0.2, 0.25) is 6.79 Å². The number of esters is 1. The van der Waals surface area contributed by atoms with Gasteiger partial charge in [-0.1, -0.05) is 13.8 Å². The molecule has 0 aromatic heterocycles. The van der Waals surface area contributed by atoms with Gasteiger partial charge in [0.05, 0.1) is 13.0 Å². The SMILES string of the molecule is CCC(C)N(CC(C)C(=O)OC)C(=O)c1ccc2c(c1)OCO2. The summed E-state index contributed by atoms with van der Waals surface area (Å²) in [5, 5.41) is 0. The molecule has 1 aromatic rings. The highest BCUT2D eigenvalue weighted by molar-refractivity contribution is 5.95. The Hall–Kier alpha value is -2.24. The largest absolute Gasteiger partial charge is 0.469 e. The number of amides is 1. The number of carbonyl (C=O) groups excluding carboxylic acids is 2. The van der Waals surface area contributed by atoms with E-state index in [4.69, 9.17) is 14.2 Å². The molecule has 2 atom stereocenters. The van der Waals surface area contributed by atoms with Crippen LogP contribution in [0.5, 0.6) is 11.5 Å². The minimum Gasteiger partial charge on any atom is -0.469 e. The highest BCUT2D eigenvalue weighted by Crippen LogP contribution is 2.33. The summed E-state index contributed by atoms with van der Waals surface area (Å²) in [7, 11) is 1.35. The highest BCUT2D eigenvalue weighted by Gasteiger charge is 2.27. The fourth-order valence-corrected chi connectivity index (χ4v) is 2.45. The number of methoxy groups -OCH3 is 1. The van der Waals surface area contributed by atoms with Gasteiger partial charge in [-0.2, -0.15) is 0 Å². The van der Waals surface area contributed by atoms with Crippen LogP contribution in [-0.4, -0.2) is 43.3 Å². The van der Waals surface area contributed by atoms with E-state index in [9.17, 15) is 9.59 Å². The van der Waals surface area contributed by atoms with E-state index in [0.29, 0.717) is 23.6 Å². The molecule has 6 nitrogen and oxygen atoms in total. The Labute approximate surface area is 136 Å². The van der Waals surface area contributed by atoms with Gasteiger partial charge >= 0.3 is 5.97 Å². The summed E-state index contributed by atoms with van der Waals surface area (Å²) in [6, 6.07) is 5.14. The molecule has 1 aromatic carbocycles. The number of hydrogen-bond acceptors (Lipinski definition) is 5. The van der Waals surface area contributed by atoms with Gasteiger partial charge in [-0.25, -0.2) is 0 Å². The summed E-state index contributed by atoms with van der Waals surface area (Å²) in [5.74, 6) is 0.373. The lowest BCUT2D eigenvalue weighted by Gasteiger charge is -2.30. The summed E-state index contributed by atoms with van der Waals surface area (Å²) >= 11 is 0. The number of hydrogen-bond donors (Lipinski definition) is 0. The first-order valence-corrected chi connectivity index (χ1v) is 7.76. The van der Waals surface area contributed by atoms with Crippen LogP contribution in [0.3, 0.4) is 0 Å². The summed E-state index contributed by atoms with van der Waals surface area (Å²) in [6.45, 7) is 6.22. The number of carbonyl (C=O) groups is 2. The van der Waals surface area contributed by atoms with Gasteiger partial charge in [-0.15, -0.1) is 0 Å². The normalized spacial score (nSPS) is 15.0. The Balaban J connectivity index is 2.21. The Kier molecular flexibility index (Phi) is 5.47. The monoisotopic (exact) mass is 321 g/mol. The van der Waals surface area contributed by atoms with E-state index in [1.54, 1.807) is 30.0 Å². The lowest BCUT2D eigenvalue weighted by Crippen LogP contribution is -2.42. The van der Waals surface area contributed by atoms with Crippen molar-refractivity contribution < 1.29 is 23.8 Å². The van der Waals surface area contributed by atoms with Crippen LogP contribution >= 0.6 is 0 Å². The smallest absolute Gasteiger partial charge is 0.310 e. The standard InChI is InChI=1S/C17H23NO5/c1-5-12(3)18(9-11(2)17(20)21-4)16(19)13-6-7-14-15(8-13)23-10-22-14/h6-8,11-12H,5,9-10H2,1-4H3. The van der Waals surface area contributed by atoms with Crippen LogP contribution in [-0.2, 0) is 9.53 Å². The predicted octanol–water partition coefficient (Wildman–Crippen LogP) is 2.47. The molecule has 6 heteroatoms. The Morgan fingerprint density at radius 1 is 1.26 bits per heavy atom. The van der Waals surface area contributed by atoms with Gasteiger partial charge in [0.1, 0.15) is 0 Å². The van der Waals surface area contributed by atoms with Crippen LogP contribution in [0.4, 0.5) is 0 Å². The first-order valence-electron chi connectivity index (χ1n) is 7.76. The second-order valence-corrected chi connectivity index (χ2v) is 5.71. The molecule has 23 heavy (non-hydrogen) atoms. The van der Waals surface area contributed by atoms with Crippen LogP contribution in [0.1, 0.15) is 37.6 Å². The van der Waals surface area contributed by atoms with Crippen molar-refractivity contribution >= 4 is 11.9 Å². The highest BCUT2D eigenvalue weighted by atomic mass is 16.7. The molecule has 1 heterocycles. The number of ether oxygens (including phenoxy) is 3. The maximum absolute atomic E-state index is 12.9. The van der Waals surface area contributed by atoms with Gasteiger partial charge in [-0.3, -0.25) is 9.59 Å². The van der Waals surface area contributed by atoms with E-state index in [2.05, 4.69) is 0 Å². The lowest BCUT2D eigenvalue weighted by molar-refractivity contribution is -0.145. The number of benzene rings is 1. The molecule has 1 amide bonds. The van der Waals surface area contributed by atoms with Gasteiger partial charge in [0.25, 0.3) is 5.91 Å².